The Morgan fingerprint density at radius 1 is 1.17 bits per heavy atom. The molecule has 2 N–H and O–H groups in total. The number of aldehydes is 1. The summed E-state index contributed by atoms with van der Waals surface area (Å²) in [7, 11) is 3.29. The van der Waals surface area contributed by atoms with E-state index in [2.05, 4.69) is 15.5 Å². The minimum absolute atomic E-state index is 0.00962. The molecule has 42 heavy (non-hydrogen) atoms. The van der Waals surface area contributed by atoms with Gasteiger partial charge in [0.25, 0.3) is 12.3 Å². The van der Waals surface area contributed by atoms with Crippen LogP contribution in [0, 0.1) is 11.6 Å². The summed E-state index contributed by atoms with van der Waals surface area (Å²) in [5.41, 5.74) is -2.11. The van der Waals surface area contributed by atoms with Crippen LogP contribution < -0.4 is 15.5 Å². The number of nitrogens with one attached hydrogen (secondary N) is 2. The van der Waals surface area contributed by atoms with Gasteiger partial charge in [-0.05, 0) is 45.9 Å². The molecule has 0 bridgehead atoms. The highest BCUT2D eigenvalue weighted by Crippen LogP contribution is 2.38. The summed E-state index contributed by atoms with van der Waals surface area (Å²) in [6, 6.07) is 1.12. The fraction of sp³-hybridized carbons (Fsp3) is 0.483. The maximum atomic E-state index is 16.4. The molecule has 0 radical (unpaired) electrons. The van der Waals surface area contributed by atoms with E-state index in [-0.39, 0.29) is 36.7 Å². The molecule has 1 aromatic carbocycles. The first-order valence-corrected chi connectivity index (χ1v) is 13.6. The Morgan fingerprint density at radius 3 is 2.48 bits per heavy atom. The van der Waals surface area contributed by atoms with Gasteiger partial charge in [0.2, 0.25) is 0 Å². The SMILES string of the molecule is CN/C=C(C(=O)Nc1c(N2CCN(C)C(C)C2)cc(F)c(C2=CCCN(C(=O)OC(C)C)C2)c1F)\C(=C/C=O)C(F)F. The molecule has 2 amide bonds. The molecular weight excluding hydrogens is 558 g/mol. The second-order valence-corrected chi connectivity index (χ2v) is 10.4. The molecule has 1 unspecified atom stereocenters. The van der Waals surface area contributed by atoms with Gasteiger partial charge in [0, 0.05) is 63.7 Å². The van der Waals surface area contributed by atoms with Crippen molar-refractivity contribution in [1.29, 1.82) is 0 Å². The molecule has 3 rings (SSSR count). The zero-order valence-corrected chi connectivity index (χ0v) is 24.3. The van der Waals surface area contributed by atoms with Crippen molar-refractivity contribution in [1.82, 2.24) is 15.1 Å². The van der Waals surface area contributed by atoms with Crippen LogP contribution in [-0.4, -0.2) is 93.5 Å². The Balaban J connectivity index is 2.12. The lowest BCUT2D eigenvalue weighted by Crippen LogP contribution is -2.50. The van der Waals surface area contributed by atoms with E-state index in [9.17, 15) is 23.2 Å². The number of likely N-dealkylation sites (N-methyl/N-ethyl adjacent to an activating group) is 1. The summed E-state index contributed by atoms with van der Waals surface area (Å²) in [6.45, 7) is 6.79. The second-order valence-electron chi connectivity index (χ2n) is 10.4. The summed E-state index contributed by atoms with van der Waals surface area (Å²) >= 11 is 0. The van der Waals surface area contributed by atoms with Crippen molar-refractivity contribution in [3.63, 3.8) is 0 Å². The number of hydrogen-bond donors (Lipinski definition) is 2. The zero-order valence-electron chi connectivity index (χ0n) is 24.3. The standard InChI is InChI=1S/C29H37F4N5O4/c1-17(2)42-29(41)38-9-6-7-19(16-38)24-22(30)13-23(37-11-10-36(5)18(3)15-37)26(25(24)31)35-28(40)21(14-34-4)20(8-12-39)27(32)33/h7-8,12-14,17-18,27,34H,6,9-11,15-16H2,1-5H3,(H,35,40)/b20-8+,21-14+. The Bertz CT molecular complexity index is 1280. The van der Waals surface area contributed by atoms with Crippen LogP contribution in [0.3, 0.4) is 0 Å². The summed E-state index contributed by atoms with van der Waals surface area (Å²) in [5.74, 6) is -3.15. The van der Waals surface area contributed by atoms with Gasteiger partial charge in [-0.3, -0.25) is 9.59 Å². The lowest BCUT2D eigenvalue weighted by atomic mass is 9.97. The third-order valence-corrected chi connectivity index (χ3v) is 7.13. The molecule has 1 fully saturated rings. The van der Waals surface area contributed by atoms with E-state index in [4.69, 9.17) is 4.74 Å². The lowest BCUT2D eigenvalue weighted by molar-refractivity contribution is -0.112. The molecule has 9 nitrogen and oxygen atoms in total. The highest BCUT2D eigenvalue weighted by atomic mass is 19.3. The van der Waals surface area contributed by atoms with E-state index in [1.165, 1.54) is 11.9 Å². The van der Waals surface area contributed by atoms with E-state index >= 15 is 8.78 Å². The summed E-state index contributed by atoms with van der Waals surface area (Å²) < 4.78 is 65.0. The number of allylic oxidation sites excluding steroid dienone is 1. The molecule has 13 heteroatoms. The first-order valence-electron chi connectivity index (χ1n) is 13.6. The molecular formula is C29H37F4N5O4. The van der Waals surface area contributed by atoms with Crippen molar-refractivity contribution in [3.8, 4) is 0 Å². The number of alkyl halides is 2. The lowest BCUT2D eigenvalue weighted by Gasteiger charge is -2.40. The number of halogens is 4. The van der Waals surface area contributed by atoms with E-state index < -0.39 is 58.6 Å². The Hall–Kier alpha value is -3.87. The van der Waals surface area contributed by atoms with Crippen LogP contribution in [0.5, 0.6) is 0 Å². The fourth-order valence-electron chi connectivity index (χ4n) is 4.85. The number of hydrogen-bond acceptors (Lipinski definition) is 7. The Labute approximate surface area is 242 Å². The molecule has 230 valence electrons. The van der Waals surface area contributed by atoms with Crippen LogP contribution in [-0.2, 0) is 14.3 Å². The summed E-state index contributed by atoms with van der Waals surface area (Å²) in [4.78, 5) is 42.0. The number of piperazine rings is 1. The number of benzene rings is 1. The molecule has 0 saturated carbocycles. The van der Waals surface area contributed by atoms with E-state index in [0.29, 0.717) is 32.1 Å². The summed E-state index contributed by atoms with van der Waals surface area (Å²) in [5, 5.41) is 4.87. The predicted molar refractivity (Wildman–Crippen MR) is 152 cm³/mol. The summed E-state index contributed by atoms with van der Waals surface area (Å²) in [6.07, 6.45) is -0.634. The van der Waals surface area contributed by atoms with Gasteiger partial charge < -0.3 is 30.1 Å². The number of ether oxygens (including phenoxy) is 1. The molecule has 0 aromatic heterocycles. The topological polar surface area (TPSA) is 94.2 Å². The van der Waals surface area contributed by atoms with E-state index in [1.807, 2.05) is 14.0 Å². The third-order valence-electron chi connectivity index (χ3n) is 7.13. The first kappa shape index (κ1) is 32.6. The normalized spacial score (nSPS) is 18.7. The number of nitrogens with zero attached hydrogens (tertiary/aromatic N) is 3. The highest BCUT2D eigenvalue weighted by molar-refractivity contribution is 6.09. The average molecular weight is 596 g/mol. The fourth-order valence-corrected chi connectivity index (χ4v) is 4.85. The number of carbonyl (C=O) groups is 3. The molecule has 1 aromatic rings. The molecule has 2 aliphatic rings. The van der Waals surface area contributed by atoms with Crippen LogP contribution in [0.4, 0.5) is 33.7 Å². The monoisotopic (exact) mass is 595 g/mol. The van der Waals surface area contributed by atoms with Crippen molar-refractivity contribution >= 4 is 35.2 Å². The predicted octanol–water partition coefficient (Wildman–Crippen LogP) is 4.17. The van der Waals surface area contributed by atoms with Crippen LogP contribution >= 0.6 is 0 Å². The number of anilines is 2. The van der Waals surface area contributed by atoms with Gasteiger partial charge in [0.15, 0.2) is 5.82 Å². The molecule has 2 heterocycles. The third kappa shape index (κ3) is 7.50. The van der Waals surface area contributed by atoms with Gasteiger partial charge in [-0.2, -0.15) is 0 Å². The van der Waals surface area contributed by atoms with Gasteiger partial charge >= 0.3 is 6.09 Å². The molecule has 1 atom stereocenters. The van der Waals surface area contributed by atoms with Gasteiger partial charge in [-0.1, -0.05) is 6.08 Å². The minimum atomic E-state index is -3.18. The number of rotatable bonds is 9. The van der Waals surface area contributed by atoms with Crippen LogP contribution in [0.1, 0.15) is 32.8 Å². The maximum Gasteiger partial charge on any atom is 0.410 e. The van der Waals surface area contributed by atoms with Crippen molar-refractivity contribution < 1.29 is 36.7 Å². The quantitative estimate of drug-likeness (QED) is 0.192. The van der Waals surface area contributed by atoms with Crippen molar-refractivity contribution in [2.24, 2.45) is 0 Å². The van der Waals surface area contributed by atoms with Crippen LogP contribution in [0.2, 0.25) is 0 Å². The average Bonchev–Trinajstić information content (AvgIpc) is 2.93. The van der Waals surface area contributed by atoms with Crippen LogP contribution in [0.15, 0.2) is 35.6 Å². The smallest absolute Gasteiger partial charge is 0.410 e. The van der Waals surface area contributed by atoms with Gasteiger partial charge in [0.05, 0.1) is 22.9 Å². The largest absolute Gasteiger partial charge is 0.447 e. The molecule has 0 aliphatic carbocycles. The zero-order chi connectivity index (χ0) is 31.1. The second kappa shape index (κ2) is 14.3. The molecule has 2 aliphatic heterocycles. The molecule has 0 spiro atoms. The van der Waals surface area contributed by atoms with Gasteiger partial charge in [0.1, 0.15) is 17.8 Å². The number of carbonyl (C=O) groups excluding carboxylic acids is 3. The van der Waals surface area contributed by atoms with Gasteiger partial charge in [-0.15, -0.1) is 0 Å². The Kier molecular flexibility index (Phi) is 11.1. The van der Waals surface area contributed by atoms with Gasteiger partial charge in [-0.25, -0.2) is 22.4 Å². The van der Waals surface area contributed by atoms with E-state index in [0.717, 1.165) is 12.3 Å². The van der Waals surface area contributed by atoms with Crippen molar-refractivity contribution in [2.45, 2.75) is 45.8 Å². The highest BCUT2D eigenvalue weighted by Gasteiger charge is 2.32. The maximum absolute atomic E-state index is 16.4. The minimum Gasteiger partial charge on any atom is -0.447 e. The number of amides is 2. The van der Waals surface area contributed by atoms with Crippen molar-refractivity contribution in [2.75, 3.05) is 57.0 Å². The Morgan fingerprint density at radius 2 is 1.88 bits per heavy atom. The first-order chi connectivity index (χ1) is 19.9. The van der Waals surface area contributed by atoms with E-state index in [1.54, 1.807) is 24.8 Å². The van der Waals surface area contributed by atoms with Crippen molar-refractivity contribution in [3.05, 3.63) is 52.8 Å². The van der Waals surface area contributed by atoms with Crippen LogP contribution in [0.25, 0.3) is 5.57 Å². The molecule has 1 saturated heterocycles.